The van der Waals surface area contributed by atoms with Gasteiger partial charge in [-0.1, -0.05) is 30.3 Å². The fraction of sp³-hybridized carbons (Fsp3) is 0.200. The van der Waals surface area contributed by atoms with Crippen LogP contribution in [-0.2, 0) is 17.8 Å². The molecule has 0 aliphatic heterocycles. The van der Waals surface area contributed by atoms with Gasteiger partial charge in [0.2, 0.25) is 5.91 Å². The summed E-state index contributed by atoms with van der Waals surface area (Å²) >= 11 is 0. The quantitative estimate of drug-likeness (QED) is 0.480. The number of rotatable bonds is 7. The van der Waals surface area contributed by atoms with Crippen LogP contribution in [0, 0.1) is 0 Å². The average Bonchev–Trinajstić information content (AvgIpc) is 3.63. The highest BCUT2D eigenvalue weighted by Gasteiger charge is 2.22. The van der Waals surface area contributed by atoms with Crippen LogP contribution in [0.2, 0.25) is 0 Å². The molecule has 154 valence electrons. The minimum absolute atomic E-state index is 0.0391. The molecule has 1 saturated carbocycles. The Balaban J connectivity index is 1.32. The summed E-state index contributed by atoms with van der Waals surface area (Å²) in [5.41, 5.74) is 4.94. The summed E-state index contributed by atoms with van der Waals surface area (Å²) < 4.78 is 0. The summed E-state index contributed by atoms with van der Waals surface area (Å²) in [6, 6.07) is 20.6. The number of pyridine rings is 1. The SMILES string of the molecule is O=C(Cc1ccccn1)NCc1cccc(-c2ccc3ncnc(NC4CC4)c3c2)c1. The number of benzene rings is 2. The fourth-order valence-corrected chi connectivity index (χ4v) is 3.56. The van der Waals surface area contributed by atoms with Crippen LogP contribution in [0.4, 0.5) is 5.82 Å². The first-order chi connectivity index (χ1) is 15.2. The second kappa shape index (κ2) is 8.52. The van der Waals surface area contributed by atoms with Crippen molar-refractivity contribution in [2.24, 2.45) is 0 Å². The smallest absolute Gasteiger partial charge is 0.226 e. The van der Waals surface area contributed by atoms with Gasteiger partial charge in [-0.3, -0.25) is 9.78 Å². The number of carbonyl (C=O) groups excluding carboxylic acids is 1. The molecule has 0 spiro atoms. The van der Waals surface area contributed by atoms with Crippen LogP contribution < -0.4 is 10.6 Å². The number of anilines is 1. The zero-order chi connectivity index (χ0) is 21.0. The third-order valence-corrected chi connectivity index (χ3v) is 5.37. The standard InChI is InChI=1S/C25H23N5O/c31-24(14-21-6-1-2-11-26-21)27-15-17-4-3-5-18(12-17)19-7-10-23-22(13-19)25(29-16-28-23)30-20-8-9-20/h1-7,10-13,16,20H,8-9,14-15H2,(H,27,31)(H,28,29,30). The van der Waals surface area contributed by atoms with E-state index >= 15 is 0 Å². The van der Waals surface area contributed by atoms with Crippen molar-refractivity contribution in [2.45, 2.75) is 31.8 Å². The summed E-state index contributed by atoms with van der Waals surface area (Å²) in [6.45, 7) is 0.477. The monoisotopic (exact) mass is 409 g/mol. The molecule has 2 aromatic carbocycles. The van der Waals surface area contributed by atoms with Gasteiger partial charge in [0, 0.05) is 29.9 Å². The molecule has 0 radical (unpaired) electrons. The summed E-state index contributed by atoms with van der Waals surface area (Å²) in [4.78, 5) is 25.3. The van der Waals surface area contributed by atoms with E-state index < -0.39 is 0 Å². The van der Waals surface area contributed by atoms with Crippen molar-refractivity contribution in [3.05, 3.63) is 84.4 Å². The third kappa shape index (κ3) is 4.69. The van der Waals surface area contributed by atoms with E-state index in [1.807, 2.05) is 36.4 Å². The van der Waals surface area contributed by atoms with E-state index in [1.165, 1.54) is 12.8 Å². The molecule has 1 fully saturated rings. The minimum atomic E-state index is -0.0391. The van der Waals surface area contributed by atoms with Gasteiger partial charge in [-0.15, -0.1) is 0 Å². The van der Waals surface area contributed by atoms with E-state index in [0.717, 1.165) is 39.1 Å². The highest BCUT2D eigenvalue weighted by atomic mass is 16.1. The lowest BCUT2D eigenvalue weighted by molar-refractivity contribution is -0.120. The van der Waals surface area contributed by atoms with E-state index in [2.05, 4.69) is 49.9 Å². The molecule has 4 aromatic rings. The molecule has 0 unspecified atom stereocenters. The van der Waals surface area contributed by atoms with Crippen LogP contribution in [0.25, 0.3) is 22.0 Å². The maximum absolute atomic E-state index is 12.2. The molecule has 5 rings (SSSR count). The predicted octanol–water partition coefficient (Wildman–Crippen LogP) is 4.13. The highest BCUT2D eigenvalue weighted by molar-refractivity contribution is 5.92. The minimum Gasteiger partial charge on any atom is -0.367 e. The largest absolute Gasteiger partial charge is 0.367 e. The summed E-state index contributed by atoms with van der Waals surface area (Å²) in [7, 11) is 0. The molecule has 2 heterocycles. The van der Waals surface area contributed by atoms with E-state index in [0.29, 0.717) is 12.6 Å². The molecule has 2 N–H and O–H groups in total. The Hall–Kier alpha value is -3.80. The van der Waals surface area contributed by atoms with Gasteiger partial charge in [0.1, 0.15) is 12.1 Å². The maximum atomic E-state index is 12.2. The first kappa shape index (κ1) is 19.2. The zero-order valence-corrected chi connectivity index (χ0v) is 17.1. The molecule has 6 heteroatoms. The Bertz CT molecular complexity index is 1220. The van der Waals surface area contributed by atoms with Crippen LogP contribution in [0.1, 0.15) is 24.1 Å². The molecule has 2 aromatic heterocycles. The van der Waals surface area contributed by atoms with E-state index in [-0.39, 0.29) is 12.3 Å². The van der Waals surface area contributed by atoms with Gasteiger partial charge in [0.15, 0.2) is 0 Å². The van der Waals surface area contributed by atoms with Crippen LogP contribution in [-0.4, -0.2) is 26.9 Å². The molecule has 1 amide bonds. The first-order valence-electron chi connectivity index (χ1n) is 10.5. The van der Waals surface area contributed by atoms with E-state index in [9.17, 15) is 4.79 Å². The van der Waals surface area contributed by atoms with Gasteiger partial charge in [0.25, 0.3) is 0 Å². The zero-order valence-electron chi connectivity index (χ0n) is 17.1. The van der Waals surface area contributed by atoms with Gasteiger partial charge in [0.05, 0.1) is 11.9 Å². The lowest BCUT2D eigenvalue weighted by Crippen LogP contribution is -2.24. The summed E-state index contributed by atoms with van der Waals surface area (Å²) in [5.74, 6) is 0.857. The van der Waals surface area contributed by atoms with Gasteiger partial charge in [-0.25, -0.2) is 9.97 Å². The van der Waals surface area contributed by atoms with E-state index in [4.69, 9.17) is 0 Å². The van der Waals surface area contributed by atoms with Gasteiger partial charge in [-0.2, -0.15) is 0 Å². The Labute approximate surface area is 180 Å². The van der Waals surface area contributed by atoms with Crippen LogP contribution in [0.5, 0.6) is 0 Å². The molecule has 6 nitrogen and oxygen atoms in total. The van der Waals surface area contributed by atoms with Crippen molar-refractivity contribution in [1.82, 2.24) is 20.3 Å². The highest BCUT2D eigenvalue weighted by Crippen LogP contribution is 2.30. The number of fused-ring (bicyclic) bond motifs is 1. The van der Waals surface area contributed by atoms with Crippen molar-refractivity contribution in [3.8, 4) is 11.1 Å². The number of carbonyl (C=O) groups is 1. The lowest BCUT2D eigenvalue weighted by atomic mass is 10.0. The summed E-state index contributed by atoms with van der Waals surface area (Å²) in [6.07, 6.45) is 5.98. The average molecular weight is 409 g/mol. The molecule has 0 saturated heterocycles. The lowest BCUT2D eigenvalue weighted by Gasteiger charge is -2.10. The first-order valence-corrected chi connectivity index (χ1v) is 10.5. The number of nitrogens with one attached hydrogen (secondary N) is 2. The Morgan fingerprint density at radius 2 is 1.84 bits per heavy atom. The number of amides is 1. The molecule has 0 atom stereocenters. The second-order valence-electron chi connectivity index (χ2n) is 7.85. The van der Waals surface area contributed by atoms with Crippen molar-refractivity contribution in [2.75, 3.05) is 5.32 Å². The van der Waals surface area contributed by atoms with Gasteiger partial charge >= 0.3 is 0 Å². The van der Waals surface area contributed by atoms with Crippen LogP contribution in [0.3, 0.4) is 0 Å². The molecular weight excluding hydrogens is 386 g/mol. The number of hydrogen-bond donors (Lipinski definition) is 2. The number of nitrogens with zero attached hydrogens (tertiary/aromatic N) is 3. The normalized spacial score (nSPS) is 13.2. The van der Waals surface area contributed by atoms with Crippen molar-refractivity contribution in [3.63, 3.8) is 0 Å². The second-order valence-corrected chi connectivity index (χ2v) is 7.85. The Morgan fingerprint density at radius 1 is 0.935 bits per heavy atom. The van der Waals surface area contributed by atoms with E-state index in [1.54, 1.807) is 12.5 Å². The molecule has 31 heavy (non-hydrogen) atoms. The topological polar surface area (TPSA) is 79.8 Å². The van der Waals surface area contributed by atoms with Gasteiger partial charge in [-0.05, 0) is 59.9 Å². The summed E-state index contributed by atoms with van der Waals surface area (Å²) in [5, 5.41) is 7.51. The molecular formula is C25H23N5O. The maximum Gasteiger partial charge on any atom is 0.226 e. The van der Waals surface area contributed by atoms with Crippen molar-refractivity contribution < 1.29 is 4.79 Å². The fourth-order valence-electron chi connectivity index (χ4n) is 3.56. The van der Waals surface area contributed by atoms with Gasteiger partial charge < -0.3 is 10.6 Å². The number of hydrogen-bond acceptors (Lipinski definition) is 5. The Kier molecular flexibility index (Phi) is 5.27. The van der Waals surface area contributed by atoms with Crippen molar-refractivity contribution in [1.29, 1.82) is 0 Å². The van der Waals surface area contributed by atoms with Crippen molar-refractivity contribution >= 4 is 22.6 Å². The number of aromatic nitrogens is 3. The Morgan fingerprint density at radius 3 is 2.68 bits per heavy atom. The predicted molar refractivity (Wildman–Crippen MR) is 121 cm³/mol. The molecule has 0 bridgehead atoms. The third-order valence-electron chi connectivity index (χ3n) is 5.37. The van der Waals surface area contributed by atoms with Crippen LogP contribution >= 0.6 is 0 Å². The molecule has 1 aliphatic rings. The molecule has 1 aliphatic carbocycles. The van der Waals surface area contributed by atoms with Crippen LogP contribution in [0.15, 0.2) is 73.2 Å².